The Morgan fingerprint density at radius 1 is 1.33 bits per heavy atom. The van der Waals surface area contributed by atoms with E-state index < -0.39 is 0 Å². The zero-order valence-corrected chi connectivity index (χ0v) is 7.62. The molecule has 0 amide bonds. The monoisotopic (exact) mass is 186 g/mol. The third-order valence-corrected chi connectivity index (χ3v) is 1.80. The van der Waals surface area contributed by atoms with E-state index in [9.17, 15) is 3.89 Å². The fourth-order valence-electron chi connectivity index (χ4n) is 0.939. The predicted molar refractivity (Wildman–Crippen MR) is 51.5 cm³/mol. The number of benzene rings is 1. The second kappa shape index (κ2) is 5.00. The number of halogens is 1. The van der Waals surface area contributed by atoms with Crippen LogP contribution in [0.3, 0.4) is 0 Å². The van der Waals surface area contributed by atoms with E-state index in [4.69, 9.17) is 0 Å². The summed E-state index contributed by atoms with van der Waals surface area (Å²) in [6, 6.07) is 7.60. The summed E-state index contributed by atoms with van der Waals surface area (Å²) in [6.45, 7) is 0.836. The minimum atomic E-state index is 0.108. The molecule has 0 saturated heterocycles. The van der Waals surface area contributed by atoms with Crippen LogP contribution in [0.25, 0.3) is 0 Å². The van der Waals surface area contributed by atoms with Crippen molar-refractivity contribution in [2.24, 2.45) is 0 Å². The van der Waals surface area contributed by atoms with Crippen LogP contribution in [0.2, 0.25) is 0 Å². The van der Waals surface area contributed by atoms with Crippen molar-refractivity contribution in [3.05, 3.63) is 29.8 Å². The van der Waals surface area contributed by atoms with Gasteiger partial charge in [0, 0.05) is 12.2 Å². The highest BCUT2D eigenvalue weighted by Crippen LogP contribution is 2.13. The Morgan fingerprint density at radius 3 is 2.50 bits per heavy atom. The van der Waals surface area contributed by atoms with Crippen molar-refractivity contribution < 1.29 is 3.89 Å². The molecule has 0 spiro atoms. The van der Waals surface area contributed by atoms with Crippen LogP contribution >= 0.6 is 12.3 Å². The average molecular weight is 186 g/mol. The summed E-state index contributed by atoms with van der Waals surface area (Å²) in [5, 5.41) is 3.04. The molecule has 0 aliphatic rings. The van der Waals surface area contributed by atoms with E-state index in [1.165, 1.54) is 5.56 Å². The Hall–Kier alpha value is -0.740. The molecule has 0 aliphatic carbocycles. The molecule has 0 bridgehead atoms. The minimum Gasteiger partial charge on any atom is -0.316 e. The molecular formula is C8H11FN2S. The molecule has 1 aromatic rings. The van der Waals surface area contributed by atoms with Gasteiger partial charge in [-0.25, -0.2) is 0 Å². The maximum atomic E-state index is 11.7. The van der Waals surface area contributed by atoms with Gasteiger partial charge >= 0.3 is 0 Å². The molecule has 12 heavy (non-hydrogen) atoms. The van der Waals surface area contributed by atoms with Gasteiger partial charge in [-0.2, -0.15) is 0 Å². The standard InChI is InChI=1S/C8H11FN2S/c1-10-6-7-2-4-8(5-3-7)11-12-9/h2-5,10-11H,6H2,1H3. The van der Waals surface area contributed by atoms with Crippen molar-refractivity contribution in [2.45, 2.75) is 6.54 Å². The Morgan fingerprint density at radius 2 is 2.00 bits per heavy atom. The van der Waals surface area contributed by atoms with Gasteiger partial charge in [-0.15, -0.1) is 3.89 Å². The van der Waals surface area contributed by atoms with Crippen molar-refractivity contribution in [3.63, 3.8) is 0 Å². The van der Waals surface area contributed by atoms with Crippen LogP contribution in [0.4, 0.5) is 9.57 Å². The van der Waals surface area contributed by atoms with Gasteiger partial charge in [0.1, 0.15) is 0 Å². The first-order chi connectivity index (χ1) is 5.86. The van der Waals surface area contributed by atoms with Crippen LogP contribution in [-0.4, -0.2) is 7.05 Å². The van der Waals surface area contributed by atoms with Crippen LogP contribution in [0.15, 0.2) is 24.3 Å². The van der Waals surface area contributed by atoms with E-state index in [1.54, 1.807) is 0 Å². The molecule has 1 aromatic carbocycles. The Kier molecular flexibility index (Phi) is 3.90. The van der Waals surface area contributed by atoms with E-state index in [-0.39, 0.29) is 12.3 Å². The largest absolute Gasteiger partial charge is 0.316 e. The molecule has 0 unspecified atom stereocenters. The highest BCUT2D eigenvalue weighted by molar-refractivity contribution is 7.95. The second-order valence-electron chi connectivity index (χ2n) is 2.41. The van der Waals surface area contributed by atoms with E-state index in [1.807, 2.05) is 31.3 Å². The van der Waals surface area contributed by atoms with Gasteiger partial charge in [0.15, 0.2) is 12.3 Å². The van der Waals surface area contributed by atoms with Gasteiger partial charge < -0.3 is 10.0 Å². The summed E-state index contributed by atoms with van der Waals surface area (Å²) in [5.74, 6) is 0. The number of nitrogens with one attached hydrogen (secondary N) is 2. The van der Waals surface area contributed by atoms with Crippen molar-refractivity contribution in [3.8, 4) is 0 Å². The zero-order valence-electron chi connectivity index (χ0n) is 6.80. The first kappa shape index (κ1) is 9.35. The van der Waals surface area contributed by atoms with Crippen LogP contribution in [0.5, 0.6) is 0 Å². The molecular weight excluding hydrogens is 175 g/mol. The van der Waals surface area contributed by atoms with Gasteiger partial charge in [0.25, 0.3) is 0 Å². The van der Waals surface area contributed by atoms with Crippen molar-refractivity contribution >= 4 is 18.0 Å². The fraction of sp³-hybridized carbons (Fsp3) is 0.250. The molecule has 66 valence electrons. The normalized spacial score (nSPS) is 9.83. The van der Waals surface area contributed by atoms with Crippen LogP contribution < -0.4 is 10.0 Å². The highest BCUT2D eigenvalue weighted by Gasteiger charge is 1.92. The van der Waals surface area contributed by atoms with Gasteiger partial charge in [-0.1, -0.05) is 12.1 Å². The maximum absolute atomic E-state index is 11.7. The SMILES string of the molecule is CNCc1ccc(NSF)cc1. The summed E-state index contributed by atoms with van der Waals surface area (Å²) in [6.07, 6.45) is 0. The van der Waals surface area contributed by atoms with Crippen LogP contribution in [0.1, 0.15) is 5.56 Å². The molecule has 0 heterocycles. The third-order valence-electron chi connectivity index (χ3n) is 1.49. The Labute approximate surface area is 76.0 Å². The molecule has 0 aliphatic heterocycles. The van der Waals surface area contributed by atoms with Gasteiger partial charge in [0.2, 0.25) is 0 Å². The highest BCUT2D eigenvalue weighted by atomic mass is 32.2. The number of hydrogen-bond acceptors (Lipinski definition) is 3. The van der Waals surface area contributed by atoms with E-state index in [0.29, 0.717) is 0 Å². The number of anilines is 1. The number of rotatable bonds is 4. The lowest BCUT2D eigenvalue weighted by molar-refractivity contribution is 0.818. The number of hydrogen-bond donors (Lipinski definition) is 2. The molecule has 0 saturated carbocycles. The first-order valence-corrected chi connectivity index (χ1v) is 4.35. The summed E-state index contributed by atoms with van der Waals surface area (Å²) in [7, 11) is 1.89. The maximum Gasteiger partial charge on any atom is 0.162 e. The molecule has 0 fully saturated rings. The van der Waals surface area contributed by atoms with Crippen LogP contribution in [-0.2, 0) is 6.54 Å². The van der Waals surface area contributed by atoms with E-state index >= 15 is 0 Å². The molecule has 2 nitrogen and oxygen atoms in total. The second-order valence-corrected chi connectivity index (χ2v) is 2.76. The van der Waals surface area contributed by atoms with Crippen molar-refractivity contribution in [2.75, 3.05) is 11.8 Å². The lowest BCUT2D eigenvalue weighted by Gasteiger charge is -2.02. The minimum absolute atomic E-state index is 0.108. The van der Waals surface area contributed by atoms with E-state index in [2.05, 4.69) is 10.0 Å². The molecule has 0 radical (unpaired) electrons. The molecule has 0 aromatic heterocycles. The summed E-state index contributed by atoms with van der Waals surface area (Å²) in [4.78, 5) is 0. The third kappa shape index (κ3) is 2.71. The fourth-order valence-corrected chi connectivity index (χ4v) is 1.16. The topological polar surface area (TPSA) is 24.1 Å². The predicted octanol–water partition coefficient (Wildman–Crippen LogP) is 2.35. The molecule has 4 heteroatoms. The van der Waals surface area contributed by atoms with Gasteiger partial charge in [-0.05, 0) is 24.7 Å². The molecule has 2 N–H and O–H groups in total. The Bertz CT molecular complexity index is 200. The van der Waals surface area contributed by atoms with Crippen molar-refractivity contribution in [1.29, 1.82) is 0 Å². The zero-order chi connectivity index (χ0) is 8.81. The Balaban J connectivity index is 2.58. The average Bonchev–Trinajstić information content (AvgIpc) is 2.09. The quantitative estimate of drug-likeness (QED) is 0.706. The molecule has 1 rings (SSSR count). The van der Waals surface area contributed by atoms with E-state index in [0.717, 1.165) is 12.2 Å². The lowest BCUT2D eigenvalue weighted by atomic mass is 10.2. The summed E-state index contributed by atoms with van der Waals surface area (Å²) < 4.78 is 14.2. The summed E-state index contributed by atoms with van der Waals surface area (Å²) in [5.41, 5.74) is 1.97. The van der Waals surface area contributed by atoms with Crippen molar-refractivity contribution in [1.82, 2.24) is 5.32 Å². The van der Waals surface area contributed by atoms with Gasteiger partial charge in [0.05, 0.1) is 0 Å². The smallest absolute Gasteiger partial charge is 0.162 e. The first-order valence-electron chi connectivity index (χ1n) is 3.64. The molecule has 0 atom stereocenters. The lowest BCUT2D eigenvalue weighted by Crippen LogP contribution is -2.04. The summed E-state index contributed by atoms with van der Waals surface area (Å²) >= 11 is 0.108. The van der Waals surface area contributed by atoms with Gasteiger partial charge in [-0.3, -0.25) is 0 Å². The van der Waals surface area contributed by atoms with Crippen LogP contribution in [0, 0.1) is 0 Å².